The van der Waals surface area contributed by atoms with Crippen molar-refractivity contribution in [3.05, 3.63) is 5.82 Å². The maximum Gasteiger partial charge on any atom is 0.167 e. The van der Waals surface area contributed by atoms with E-state index in [-0.39, 0.29) is 11.5 Å². The van der Waals surface area contributed by atoms with Crippen molar-refractivity contribution in [2.75, 3.05) is 7.05 Å². The fourth-order valence-electron chi connectivity index (χ4n) is 2.10. The SMILES string of the molecule is CCCCCC(C)(C)Cn1nnnc1C(C)NC. The van der Waals surface area contributed by atoms with Crippen molar-refractivity contribution in [1.29, 1.82) is 0 Å². The van der Waals surface area contributed by atoms with E-state index in [0.29, 0.717) is 0 Å². The van der Waals surface area contributed by atoms with Crippen LogP contribution in [0.2, 0.25) is 0 Å². The van der Waals surface area contributed by atoms with E-state index in [1.54, 1.807) is 0 Å². The summed E-state index contributed by atoms with van der Waals surface area (Å²) in [6.07, 6.45) is 5.07. The van der Waals surface area contributed by atoms with E-state index in [4.69, 9.17) is 0 Å². The van der Waals surface area contributed by atoms with Crippen LogP contribution in [0.1, 0.15) is 65.2 Å². The standard InChI is InChI=1S/C13H27N5/c1-6-7-8-9-13(3,4)10-18-12(11(2)14-5)15-16-17-18/h11,14H,6-10H2,1-5H3. The molecule has 0 radical (unpaired) electrons. The van der Waals surface area contributed by atoms with Crippen molar-refractivity contribution in [3.8, 4) is 0 Å². The van der Waals surface area contributed by atoms with E-state index in [1.165, 1.54) is 25.7 Å². The lowest BCUT2D eigenvalue weighted by molar-refractivity contribution is 0.250. The Hall–Kier alpha value is -0.970. The average molecular weight is 253 g/mol. The van der Waals surface area contributed by atoms with Gasteiger partial charge in [0.1, 0.15) is 0 Å². The maximum absolute atomic E-state index is 4.11. The molecule has 1 atom stereocenters. The fourth-order valence-corrected chi connectivity index (χ4v) is 2.10. The number of rotatable bonds is 8. The molecule has 18 heavy (non-hydrogen) atoms. The number of hydrogen-bond donors (Lipinski definition) is 1. The first-order valence-electron chi connectivity index (χ1n) is 6.93. The summed E-state index contributed by atoms with van der Waals surface area (Å²) in [6.45, 7) is 9.77. The molecule has 0 fully saturated rings. The van der Waals surface area contributed by atoms with Crippen LogP contribution in [0.15, 0.2) is 0 Å². The molecule has 0 amide bonds. The Kier molecular flexibility index (Phi) is 5.72. The third-order valence-corrected chi connectivity index (χ3v) is 3.41. The first-order chi connectivity index (χ1) is 8.50. The predicted octanol–water partition coefficient (Wildman–Crippen LogP) is 2.56. The normalized spacial score (nSPS) is 13.8. The second kappa shape index (κ2) is 6.83. The molecule has 1 aromatic rings. The highest BCUT2D eigenvalue weighted by Crippen LogP contribution is 2.26. The molecule has 104 valence electrons. The fraction of sp³-hybridized carbons (Fsp3) is 0.923. The van der Waals surface area contributed by atoms with Crippen LogP contribution in [0.25, 0.3) is 0 Å². The Labute approximate surface area is 110 Å². The quantitative estimate of drug-likeness (QED) is 0.723. The lowest BCUT2D eigenvalue weighted by Gasteiger charge is -2.25. The van der Waals surface area contributed by atoms with Crippen LogP contribution in [0, 0.1) is 5.41 Å². The molecule has 1 unspecified atom stereocenters. The van der Waals surface area contributed by atoms with Gasteiger partial charge in [0.05, 0.1) is 6.04 Å². The number of tetrazole rings is 1. The maximum atomic E-state index is 4.11. The van der Waals surface area contributed by atoms with Gasteiger partial charge in [-0.25, -0.2) is 4.68 Å². The Morgan fingerprint density at radius 1 is 1.33 bits per heavy atom. The number of nitrogens with one attached hydrogen (secondary N) is 1. The van der Waals surface area contributed by atoms with Crippen LogP contribution in [-0.4, -0.2) is 27.3 Å². The molecule has 5 nitrogen and oxygen atoms in total. The van der Waals surface area contributed by atoms with E-state index >= 15 is 0 Å². The number of aromatic nitrogens is 4. The summed E-state index contributed by atoms with van der Waals surface area (Å²) in [7, 11) is 1.93. The molecule has 0 aliphatic heterocycles. The summed E-state index contributed by atoms with van der Waals surface area (Å²) >= 11 is 0. The largest absolute Gasteiger partial charge is 0.311 e. The third kappa shape index (κ3) is 4.37. The lowest BCUT2D eigenvalue weighted by Crippen LogP contribution is -2.25. The molecule has 0 saturated carbocycles. The van der Waals surface area contributed by atoms with Crippen molar-refractivity contribution in [2.24, 2.45) is 5.41 Å². The van der Waals surface area contributed by atoms with Crippen molar-refractivity contribution < 1.29 is 0 Å². The van der Waals surface area contributed by atoms with Gasteiger partial charge in [-0.2, -0.15) is 0 Å². The molecule has 0 spiro atoms. The molecule has 0 bridgehead atoms. The van der Waals surface area contributed by atoms with Crippen LogP contribution >= 0.6 is 0 Å². The Morgan fingerprint density at radius 3 is 2.67 bits per heavy atom. The molecule has 1 heterocycles. The van der Waals surface area contributed by atoms with Gasteiger partial charge < -0.3 is 5.32 Å². The summed E-state index contributed by atoms with van der Waals surface area (Å²) < 4.78 is 1.94. The molecule has 1 N–H and O–H groups in total. The summed E-state index contributed by atoms with van der Waals surface area (Å²) in [4.78, 5) is 0. The zero-order valence-electron chi connectivity index (χ0n) is 12.4. The lowest BCUT2D eigenvalue weighted by atomic mass is 9.87. The summed E-state index contributed by atoms with van der Waals surface area (Å²) in [6, 6.07) is 0.187. The number of nitrogens with zero attached hydrogens (tertiary/aromatic N) is 4. The molecule has 1 rings (SSSR count). The average Bonchev–Trinajstić information content (AvgIpc) is 2.75. The molecule has 0 aliphatic rings. The van der Waals surface area contributed by atoms with Gasteiger partial charge in [0, 0.05) is 6.54 Å². The van der Waals surface area contributed by atoms with Crippen LogP contribution in [0.5, 0.6) is 0 Å². The molecular formula is C13H27N5. The van der Waals surface area contributed by atoms with Gasteiger partial charge in [0.25, 0.3) is 0 Å². The summed E-state index contributed by atoms with van der Waals surface area (Å²) in [5, 5.41) is 15.2. The van der Waals surface area contributed by atoms with Gasteiger partial charge in [0.2, 0.25) is 0 Å². The third-order valence-electron chi connectivity index (χ3n) is 3.41. The van der Waals surface area contributed by atoms with Crippen molar-refractivity contribution in [3.63, 3.8) is 0 Å². The first-order valence-corrected chi connectivity index (χ1v) is 6.93. The molecule has 0 saturated heterocycles. The van der Waals surface area contributed by atoms with Gasteiger partial charge in [-0.3, -0.25) is 0 Å². The molecular weight excluding hydrogens is 226 g/mol. The van der Waals surface area contributed by atoms with Gasteiger partial charge in [-0.05, 0) is 36.2 Å². The minimum Gasteiger partial charge on any atom is -0.311 e. The monoisotopic (exact) mass is 253 g/mol. The van der Waals surface area contributed by atoms with Gasteiger partial charge in [0.15, 0.2) is 5.82 Å². The Balaban J connectivity index is 2.63. The van der Waals surface area contributed by atoms with E-state index in [2.05, 4.69) is 48.5 Å². The van der Waals surface area contributed by atoms with E-state index in [0.717, 1.165) is 12.4 Å². The van der Waals surface area contributed by atoms with Crippen molar-refractivity contribution in [2.45, 2.75) is 66.0 Å². The molecule has 1 aromatic heterocycles. The predicted molar refractivity (Wildman–Crippen MR) is 73.2 cm³/mol. The zero-order chi connectivity index (χ0) is 13.6. The van der Waals surface area contributed by atoms with E-state index in [1.807, 2.05) is 11.7 Å². The van der Waals surface area contributed by atoms with Gasteiger partial charge in [-0.1, -0.05) is 40.0 Å². The molecule has 0 aliphatic carbocycles. The van der Waals surface area contributed by atoms with Gasteiger partial charge >= 0.3 is 0 Å². The Bertz CT molecular complexity index is 345. The second-order valence-electron chi connectivity index (χ2n) is 5.83. The highest BCUT2D eigenvalue weighted by Gasteiger charge is 2.22. The minimum absolute atomic E-state index is 0.187. The zero-order valence-corrected chi connectivity index (χ0v) is 12.4. The Morgan fingerprint density at radius 2 is 2.06 bits per heavy atom. The van der Waals surface area contributed by atoms with Crippen LogP contribution in [-0.2, 0) is 6.54 Å². The van der Waals surface area contributed by atoms with Crippen LogP contribution in [0.4, 0.5) is 0 Å². The molecule has 0 aromatic carbocycles. The topological polar surface area (TPSA) is 55.6 Å². The number of hydrogen-bond acceptors (Lipinski definition) is 4. The second-order valence-corrected chi connectivity index (χ2v) is 5.83. The highest BCUT2D eigenvalue weighted by molar-refractivity contribution is 4.90. The van der Waals surface area contributed by atoms with Crippen molar-refractivity contribution >= 4 is 0 Å². The summed E-state index contributed by atoms with van der Waals surface area (Å²) in [5.74, 6) is 0.918. The van der Waals surface area contributed by atoms with E-state index < -0.39 is 0 Å². The van der Waals surface area contributed by atoms with E-state index in [9.17, 15) is 0 Å². The smallest absolute Gasteiger partial charge is 0.167 e. The molecule has 5 heteroatoms. The minimum atomic E-state index is 0.187. The van der Waals surface area contributed by atoms with Crippen LogP contribution < -0.4 is 5.32 Å². The highest BCUT2D eigenvalue weighted by atomic mass is 15.5. The number of unbranched alkanes of at least 4 members (excludes halogenated alkanes) is 2. The van der Waals surface area contributed by atoms with Crippen LogP contribution in [0.3, 0.4) is 0 Å². The van der Waals surface area contributed by atoms with Gasteiger partial charge in [-0.15, -0.1) is 5.10 Å². The first kappa shape index (κ1) is 15.1. The van der Waals surface area contributed by atoms with Crippen molar-refractivity contribution in [1.82, 2.24) is 25.5 Å². The summed E-state index contributed by atoms with van der Waals surface area (Å²) in [5.41, 5.74) is 0.243.